The van der Waals surface area contributed by atoms with Crippen LogP contribution in [0.4, 0.5) is 10.8 Å². The minimum Gasteiger partial charge on any atom is -0.329 e. The minimum absolute atomic E-state index is 0.447. The number of aromatic nitrogens is 2. The van der Waals surface area contributed by atoms with E-state index in [-0.39, 0.29) is 0 Å². The average molecular weight is 404 g/mol. The molecule has 2 aromatic rings. The molecule has 0 amide bonds. The first-order valence-corrected chi connectivity index (χ1v) is 7.13. The van der Waals surface area contributed by atoms with E-state index in [0.717, 1.165) is 4.47 Å². The summed E-state index contributed by atoms with van der Waals surface area (Å²) in [6.07, 6.45) is 0. The molecule has 16 heavy (non-hydrogen) atoms. The van der Waals surface area contributed by atoms with Crippen LogP contribution < -0.4 is 5.32 Å². The van der Waals surface area contributed by atoms with Gasteiger partial charge in [-0.3, -0.25) is 0 Å². The summed E-state index contributed by atoms with van der Waals surface area (Å²) in [4.78, 5) is 0. The summed E-state index contributed by atoms with van der Waals surface area (Å²) in [5, 5.41) is 12.3. The van der Waals surface area contributed by atoms with Gasteiger partial charge in [0.1, 0.15) is 0 Å². The number of hydrogen-bond acceptors (Lipinski definition) is 4. The minimum atomic E-state index is 0.447. The summed E-state index contributed by atoms with van der Waals surface area (Å²) >= 11 is 20.0. The van der Waals surface area contributed by atoms with Gasteiger partial charge in [0.15, 0.2) is 3.92 Å². The Morgan fingerprint density at radius 2 is 1.88 bits per heavy atom. The van der Waals surface area contributed by atoms with Crippen LogP contribution in [0.15, 0.2) is 20.5 Å². The molecule has 0 unspecified atom stereocenters. The largest absolute Gasteiger partial charge is 0.329 e. The third-order valence-electron chi connectivity index (χ3n) is 1.68. The topological polar surface area (TPSA) is 37.8 Å². The van der Waals surface area contributed by atoms with Gasteiger partial charge in [-0.15, -0.1) is 10.2 Å². The van der Waals surface area contributed by atoms with Gasteiger partial charge in [-0.1, -0.05) is 34.5 Å². The number of nitrogens with one attached hydrogen (secondary N) is 1. The van der Waals surface area contributed by atoms with Crippen molar-refractivity contribution in [3.8, 4) is 0 Å². The Balaban J connectivity index is 2.32. The molecule has 1 heterocycles. The van der Waals surface area contributed by atoms with Gasteiger partial charge in [-0.2, -0.15) is 0 Å². The van der Waals surface area contributed by atoms with E-state index in [0.29, 0.717) is 24.8 Å². The molecule has 0 atom stereocenters. The smallest absolute Gasteiger partial charge is 0.210 e. The van der Waals surface area contributed by atoms with Gasteiger partial charge in [0, 0.05) is 4.47 Å². The summed E-state index contributed by atoms with van der Waals surface area (Å²) in [6.45, 7) is 0. The van der Waals surface area contributed by atoms with Gasteiger partial charge >= 0.3 is 0 Å². The number of rotatable bonds is 2. The van der Waals surface area contributed by atoms with Crippen LogP contribution in [0.25, 0.3) is 0 Å². The molecule has 0 spiro atoms. The van der Waals surface area contributed by atoms with Crippen LogP contribution in [0.1, 0.15) is 0 Å². The lowest BCUT2D eigenvalue weighted by molar-refractivity contribution is 1.07. The zero-order valence-electron chi connectivity index (χ0n) is 7.47. The molecule has 1 aromatic heterocycles. The van der Waals surface area contributed by atoms with Crippen molar-refractivity contribution < 1.29 is 0 Å². The van der Waals surface area contributed by atoms with Crippen LogP contribution >= 0.6 is 66.4 Å². The number of nitrogens with zero attached hydrogens (tertiary/aromatic N) is 2. The second kappa shape index (κ2) is 5.18. The molecule has 1 aromatic carbocycles. The van der Waals surface area contributed by atoms with Crippen molar-refractivity contribution in [1.29, 1.82) is 0 Å². The zero-order valence-corrected chi connectivity index (χ0v) is 13.0. The van der Waals surface area contributed by atoms with E-state index in [4.69, 9.17) is 23.2 Å². The summed E-state index contributed by atoms with van der Waals surface area (Å²) in [7, 11) is 0. The molecule has 0 radical (unpaired) electrons. The van der Waals surface area contributed by atoms with Gasteiger partial charge in [0.05, 0.1) is 15.7 Å². The standard InChI is InChI=1S/C8H3Br2Cl2N3S/c9-3-1-2-4(6(12)5(3)11)13-8-15-14-7(10)16-8/h1-2H,(H,13,15). The Kier molecular flexibility index (Phi) is 4.07. The second-order valence-corrected chi connectivity index (χ2v) is 6.57. The lowest BCUT2D eigenvalue weighted by atomic mass is 10.3. The Hall–Kier alpha value is 0.120. The Morgan fingerprint density at radius 3 is 2.50 bits per heavy atom. The van der Waals surface area contributed by atoms with Crippen LogP contribution in [-0.4, -0.2) is 10.2 Å². The predicted molar refractivity (Wildman–Crippen MR) is 75.1 cm³/mol. The number of hydrogen-bond donors (Lipinski definition) is 1. The predicted octanol–water partition coefficient (Wildman–Crippen LogP) is 5.11. The molecule has 0 saturated heterocycles. The molecule has 3 nitrogen and oxygen atoms in total. The van der Waals surface area contributed by atoms with E-state index in [1.807, 2.05) is 12.1 Å². The summed E-state index contributed by atoms with van der Waals surface area (Å²) < 4.78 is 1.46. The average Bonchev–Trinajstić information content (AvgIpc) is 2.65. The van der Waals surface area contributed by atoms with Crippen LogP contribution in [0, 0.1) is 0 Å². The highest BCUT2D eigenvalue weighted by atomic mass is 79.9. The van der Waals surface area contributed by atoms with Gasteiger partial charge in [-0.25, -0.2) is 0 Å². The van der Waals surface area contributed by atoms with Crippen molar-refractivity contribution in [3.05, 3.63) is 30.6 Å². The first-order chi connectivity index (χ1) is 7.58. The maximum Gasteiger partial charge on any atom is 0.210 e. The lowest BCUT2D eigenvalue weighted by Crippen LogP contribution is -1.91. The quantitative estimate of drug-likeness (QED) is 0.708. The molecule has 0 saturated carbocycles. The molecule has 0 fully saturated rings. The highest BCUT2D eigenvalue weighted by Crippen LogP contribution is 2.37. The van der Waals surface area contributed by atoms with E-state index in [1.165, 1.54) is 11.3 Å². The van der Waals surface area contributed by atoms with Crippen LogP contribution in [0.5, 0.6) is 0 Å². The molecule has 0 aliphatic rings. The van der Waals surface area contributed by atoms with E-state index < -0.39 is 0 Å². The van der Waals surface area contributed by atoms with Gasteiger partial charge in [-0.05, 0) is 44.0 Å². The molecule has 8 heteroatoms. The first kappa shape index (κ1) is 12.6. The normalized spacial score (nSPS) is 10.5. The number of benzene rings is 1. The van der Waals surface area contributed by atoms with E-state index in [1.54, 1.807) is 0 Å². The van der Waals surface area contributed by atoms with Gasteiger partial charge < -0.3 is 5.32 Å². The van der Waals surface area contributed by atoms with Crippen molar-refractivity contribution in [1.82, 2.24) is 10.2 Å². The molecular weight excluding hydrogens is 401 g/mol. The second-order valence-electron chi connectivity index (χ2n) is 2.71. The van der Waals surface area contributed by atoms with Crippen molar-refractivity contribution in [2.75, 3.05) is 5.32 Å². The SMILES string of the molecule is Clc1c(Br)ccc(Nc2nnc(Br)s2)c1Cl. The fourth-order valence-corrected chi connectivity index (χ4v) is 2.84. The van der Waals surface area contributed by atoms with E-state index >= 15 is 0 Å². The van der Waals surface area contributed by atoms with E-state index in [2.05, 4.69) is 47.4 Å². The molecule has 2 rings (SSSR count). The summed E-state index contributed by atoms with van der Waals surface area (Å²) in [5.41, 5.74) is 0.693. The molecule has 0 bridgehead atoms. The van der Waals surface area contributed by atoms with Gasteiger partial charge in [0.2, 0.25) is 5.13 Å². The third-order valence-corrected chi connectivity index (χ3v) is 4.72. The number of anilines is 2. The Bertz CT molecular complexity index is 532. The van der Waals surface area contributed by atoms with Crippen molar-refractivity contribution in [3.63, 3.8) is 0 Å². The third kappa shape index (κ3) is 2.68. The fourth-order valence-electron chi connectivity index (χ4n) is 0.993. The van der Waals surface area contributed by atoms with Crippen molar-refractivity contribution in [2.24, 2.45) is 0 Å². The molecular formula is C8H3Br2Cl2N3S. The van der Waals surface area contributed by atoms with Gasteiger partial charge in [0.25, 0.3) is 0 Å². The van der Waals surface area contributed by atoms with Crippen LogP contribution in [-0.2, 0) is 0 Å². The van der Waals surface area contributed by atoms with E-state index in [9.17, 15) is 0 Å². The Morgan fingerprint density at radius 1 is 1.12 bits per heavy atom. The highest BCUT2D eigenvalue weighted by molar-refractivity contribution is 9.11. The number of halogens is 4. The molecule has 84 valence electrons. The van der Waals surface area contributed by atoms with Crippen molar-refractivity contribution in [2.45, 2.75) is 0 Å². The summed E-state index contributed by atoms with van der Waals surface area (Å²) in [6, 6.07) is 3.63. The monoisotopic (exact) mass is 401 g/mol. The maximum absolute atomic E-state index is 6.08. The fraction of sp³-hybridized carbons (Fsp3) is 0. The zero-order chi connectivity index (χ0) is 11.7. The highest BCUT2D eigenvalue weighted by Gasteiger charge is 2.10. The van der Waals surface area contributed by atoms with Crippen molar-refractivity contribution >= 4 is 77.2 Å². The van der Waals surface area contributed by atoms with Crippen LogP contribution in [0.3, 0.4) is 0 Å². The maximum atomic E-state index is 6.08. The summed E-state index contributed by atoms with van der Waals surface area (Å²) in [5.74, 6) is 0. The molecule has 0 aliphatic heterocycles. The Labute approximate surface area is 122 Å². The lowest BCUT2D eigenvalue weighted by Gasteiger charge is -2.07. The first-order valence-electron chi connectivity index (χ1n) is 3.97. The van der Waals surface area contributed by atoms with Crippen LogP contribution in [0.2, 0.25) is 10.0 Å². The molecule has 0 aliphatic carbocycles. The molecule has 1 N–H and O–H groups in total.